The molecule has 23 heavy (non-hydrogen) atoms. The molecule has 0 aliphatic heterocycles. The Hall–Kier alpha value is -2.41. The molecule has 0 radical (unpaired) electrons. The first-order valence-electron chi connectivity index (χ1n) is 8.08. The standard InChI is InChI=1S/C22H24N/c1-15-12-16(2)21-11-8-19(22(21)17(3)13-15)14-18-6-9-20(10-7-18)23(4)5/h6-14H,1-5H3/q+1. The molecule has 0 saturated carbocycles. The number of hydrogen-bond acceptors (Lipinski definition) is 0. The normalized spacial score (nSPS) is 13.8. The lowest BCUT2D eigenvalue weighted by molar-refractivity contribution is -0.462. The maximum absolute atomic E-state index is 2.28. The predicted octanol–water partition coefficient (Wildman–Crippen LogP) is 4.94. The molecule has 3 aliphatic rings. The molecule has 0 spiro atoms. The Kier molecular flexibility index (Phi) is 4.04. The van der Waals surface area contributed by atoms with Gasteiger partial charge in [0.1, 0.15) is 14.1 Å². The smallest absolute Gasteiger partial charge is 0.199 e. The van der Waals surface area contributed by atoms with Gasteiger partial charge in [-0.3, -0.25) is 0 Å². The Morgan fingerprint density at radius 3 is 2.13 bits per heavy atom. The molecule has 3 rings (SSSR count). The van der Waals surface area contributed by atoms with Gasteiger partial charge in [-0.2, -0.15) is 0 Å². The highest BCUT2D eigenvalue weighted by atomic mass is 14.9. The Balaban J connectivity index is 2.08. The number of hydrogen-bond donors (Lipinski definition) is 0. The van der Waals surface area contributed by atoms with Crippen LogP contribution in [-0.2, 0) is 0 Å². The first kappa shape index (κ1) is 15.5. The maximum Gasteiger partial charge on any atom is 0.199 e. The van der Waals surface area contributed by atoms with Crippen LogP contribution in [0.4, 0.5) is 0 Å². The van der Waals surface area contributed by atoms with Crippen molar-refractivity contribution in [3.63, 3.8) is 0 Å². The second kappa shape index (κ2) is 6.00. The van der Waals surface area contributed by atoms with Crippen LogP contribution in [0.15, 0.2) is 54.1 Å². The fourth-order valence-electron chi connectivity index (χ4n) is 3.31. The van der Waals surface area contributed by atoms with Crippen LogP contribution in [0.1, 0.15) is 22.3 Å². The fraction of sp³-hybridized carbons (Fsp3) is 0.227. The number of rotatable bonds is 1. The van der Waals surface area contributed by atoms with Gasteiger partial charge >= 0.3 is 0 Å². The van der Waals surface area contributed by atoms with Crippen molar-refractivity contribution in [1.82, 2.24) is 0 Å². The zero-order chi connectivity index (χ0) is 16.6. The van der Waals surface area contributed by atoms with Crippen LogP contribution in [0, 0.1) is 20.8 Å². The van der Waals surface area contributed by atoms with E-state index in [0.29, 0.717) is 0 Å². The number of aryl methyl sites for hydroxylation is 3. The van der Waals surface area contributed by atoms with E-state index in [0.717, 1.165) is 0 Å². The van der Waals surface area contributed by atoms with E-state index in [1.807, 2.05) is 0 Å². The van der Waals surface area contributed by atoms with Crippen LogP contribution >= 0.6 is 0 Å². The van der Waals surface area contributed by atoms with Crippen LogP contribution in [0.5, 0.6) is 0 Å². The fourth-order valence-corrected chi connectivity index (χ4v) is 3.31. The van der Waals surface area contributed by atoms with Crippen LogP contribution in [-0.4, -0.2) is 24.4 Å². The summed E-state index contributed by atoms with van der Waals surface area (Å²) in [5, 5.41) is 0. The summed E-state index contributed by atoms with van der Waals surface area (Å²) in [6.07, 6.45) is 11.0. The molecule has 3 aliphatic carbocycles. The van der Waals surface area contributed by atoms with E-state index < -0.39 is 0 Å². The van der Waals surface area contributed by atoms with E-state index in [1.54, 1.807) is 0 Å². The van der Waals surface area contributed by atoms with E-state index in [-0.39, 0.29) is 0 Å². The van der Waals surface area contributed by atoms with Crippen molar-refractivity contribution in [1.29, 1.82) is 0 Å². The zero-order valence-electron chi connectivity index (χ0n) is 14.6. The summed E-state index contributed by atoms with van der Waals surface area (Å²) in [7, 11) is 4.13. The molecule has 0 heterocycles. The van der Waals surface area contributed by atoms with E-state index >= 15 is 0 Å². The highest BCUT2D eigenvalue weighted by Crippen LogP contribution is 2.35. The van der Waals surface area contributed by atoms with E-state index in [9.17, 15) is 0 Å². The van der Waals surface area contributed by atoms with Crippen molar-refractivity contribution >= 4 is 11.8 Å². The average molecular weight is 302 g/mol. The van der Waals surface area contributed by atoms with Crippen LogP contribution in [0.3, 0.4) is 0 Å². The molecule has 1 nitrogen and oxygen atoms in total. The second-order valence-electron chi connectivity index (χ2n) is 6.61. The minimum Gasteiger partial charge on any atom is -0.235 e. The zero-order valence-corrected chi connectivity index (χ0v) is 14.6. The van der Waals surface area contributed by atoms with Gasteiger partial charge in [0.15, 0.2) is 5.71 Å². The minimum absolute atomic E-state index is 1.23. The summed E-state index contributed by atoms with van der Waals surface area (Å²) in [6.45, 7) is 6.58. The lowest BCUT2D eigenvalue weighted by Gasteiger charge is -2.05. The van der Waals surface area contributed by atoms with Crippen molar-refractivity contribution in [2.75, 3.05) is 14.1 Å². The van der Waals surface area contributed by atoms with Gasteiger partial charge < -0.3 is 0 Å². The third-order valence-corrected chi connectivity index (χ3v) is 4.43. The van der Waals surface area contributed by atoms with Gasteiger partial charge in [0.25, 0.3) is 0 Å². The molecule has 0 unspecified atom stereocenters. The van der Waals surface area contributed by atoms with Gasteiger partial charge in [-0.05, 0) is 72.4 Å². The van der Waals surface area contributed by atoms with E-state index in [1.165, 1.54) is 44.7 Å². The van der Waals surface area contributed by atoms with Crippen LogP contribution in [0.2, 0.25) is 0 Å². The van der Waals surface area contributed by atoms with Gasteiger partial charge in [-0.25, -0.2) is 4.58 Å². The Bertz CT molecular complexity index is 838. The molecule has 116 valence electrons. The molecule has 1 heteroatoms. The topological polar surface area (TPSA) is 3.01 Å². The van der Waals surface area contributed by atoms with Gasteiger partial charge in [0.2, 0.25) is 0 Å². The van der Waals surface area contributed by atoms with Crippen molar-refractivity contribution < 1.29 is 4.58 Å². The molecule has 0 N–H and O–H groups in total. The molecular weight excluding hydrogens is 278 g/mol. The molecule has 0 fully saturated rings. The van der Waals surface area contributed by atoms with Gasteiger partial charge in [-0.15, -0.1) is 0 Å². The molecule has 0 amide bonds. The lowest BCUT2D eigenvalue weighted by Crippen LogP contribution is -2.09. The Morgan fingerprint density at radius 1 is 0.826 bits per heavy atom. The number of allylic oxidation sites excluding steroid dienone is 5. The summed E-state index contributed by atoms with van der Waals surface area (Å²) < 4.78 is 2.12. The molecule has 0 aromatic rings. The second-order valence-corrected chi connectivity index (χ2v) is 6.61. The third-order valence-electron chi connectivity index (χ3n) is 4.43. The summed E-state index contributed by atoms with van der Waals surface area (Å²) in [5.41, 5.74) is 10.5. The first-order valence-corrected chi connectivity index (χ1v) is 8.08. The summed E-state index contributed by atoms with van der Waals surface area (Å²) in [6, 6.07) is 9.03. The first-order chi connectivity index (χ1) is 11.0. The van der Waals surface area contributed by atoms with E-state index in [2.05, 4.69) is 94.1 Å². The predicted molar refractivity (Wildman–Crippen MR) is 101 cm³/mol. The van der Waals surface area contributed by atoms with Crippen LogP contribution < -0.4 is 0 Å². The quantitative estimate of drug-likeness (QED) is 0.656. The average Bonchev–Trinajstić information content (AvgIpc) is 2.86. The van der Waals surface area contributed by atoms with Crippen LogP contribution in [0.25, 0.3) is 17.2 Å². The van der Waals surface area contributed by atoms with Gasteiger partial charge in [-0.1, -0.05) is 29.8 Å². The lowest BCUT2D eigenvalue weighted by atomic mass is 9.99. The number of nitrogens with zero attached hydrogens (tertiary/aromatic N) is 1. The Labute approximate surface area is 139 Å². The largest absolute Gasteiger partial charge is 0.235 e. The molecule has 0 atom stereocenters. The van der Waals surface area contributed by atoms with E-state index in [4.69, 9.17) is 0 Å². The molecular formula is C22H24N+. The minimum atomic E-state index is 1.23. The molecule has 0 aromatic carbocycles. The van der Waals surface area contributed by atoms with Crippen molar-refractivity contribution in [3.8, 4) is 11.1 Å². The summed E-state index contributed by atoms with van der Waals surface area (Å²) >= 11 is 0. The summed E-state index contributed by atoms with van der Waals surface area (Å²) in [4.78, 5) is 0. The van der Waals surface area contributed by atoms with Gasteiger partial charge in [0, 0.05) is 12.2 Å². The SMILES string of the molecule is Cc1cc(C)c2ccc(C=C3C=CC(=[N+](C)C)C=C3)c-2c(C)c1. The number of fused-ring (bicyclic) bond motifs is 1. The monoisotopic (exact) mass is 302 g/mol. The third kappa shape index (κ3) is 3.05. The molecule has 0 aromatic heterocycles. The highest BCUT2D eigenvalue weighted by molar-refractivity contribution is 6.03. The van der Waals surface area contributed by atoms with Crippen molar-refractivity contribution in [2.24, 2.45) is 0 Å². The van der Waals surface area contributed by atoms with Crippen molar-refractivity contribution in [3.05, 3.63) is 76.4 Å². The molecule has 0 saturated heterocycles. The highest BCUT2D eigenvalue weighted by Gasteiger charge is 2.13. The summed E-state index contributed by atoms with van der Waals surface area (Å²) in [5.74, 6) is 0. The molecule has 0 bridgehead atoms. The van der Waals surface area contributed by atoms with Gasteiger partial charge in [0.05, 0.1) is 0 Å². The van der Waals surface area contributed by atoms with Crippen molar-refractivity contribution in [2.45, 2.75) is 20.8 Å². The Morgan fingerprint density at radius 2 is 1.48 bits per heavy atom. The maximum atomic E-state index is 2.28.